The molecule has 0 aromatic heterocycles. The summed E-state index contributed by atoms with van der Waals surface area (Å²) in [6.07, 6.45) is 3.59. The Morgan fingerprint density at radius 2 is 2.06 bits per heavy atom. The molecule has 1 saturated heterocycles. The van der Waals surface area contributed by atoms with Crippen LogP contribution in [0.4, 0.5) is 0 Å². The molecule has 3 N–H and O–H groups in total. The molecule has 2 fully saturated rings. The molecule has 0 bridgehead atoms. The first-order valence-electron chi connectivity index (χ1n) is 6.37. The van der Waals surface area contributed by atoms with Crippen molar-refractivity contribution in [1.82, 2.24) is 10.6 Å². The van der Waals surface area contributed by atoms with Crippen molar-refractivity contribution in [1.29, 1.82) is 0 Å². The van der Waals surface area contributed by atoms with Crippen molar-refractivity contribution < 1.29 is 9.90 Å². The zero-order chi connectivity index (χ0) is 11.5. The zero-order valence-corrected chi connectivity index (χ0v) is 9.91. The number of carbonyl (C=O) groups excluding carboxylic acids is 1. The molecule has 1 aliphatic heterocycles. The van der Waals surface area contributed by atoms with Crippen LogP contribution in [0.3, 0.4) is 0 Å². The van der Waals surface area contributed by atoms with E-state index in [0.717, 1.165) is 38.8 Å². The number of nitrogens with one attached hydrogen (secondary N) is 2. The Morgan fingerprint density at radius 3 is 2.69 bits per heavy atom. The van der Waals surface area contributed by atoms with Gasteiger partial charge in [0.25, 0.3) is 0 Å². The molecule has 1 aliphatic carbocycles. The van der Waals surface area contributed by atoms with E-state index in [0.29, 0.717) is 5.92 Å². The minimum absolute atomic E-state index is 0.0194. The molecule has 2 rings (SSSR count). The second-order valence-corrected chi connectivity index (χ2v) is 5.21. The number of amides is 1. The van der Waals surface area contributed by atoms with Gasteiger partial charge in [-0.15, -0.1) is 0 Å². The lowest BCUT2D eigenvalue weighted by atomic mass is 9.91. The van der Waals surface area contributed by atoms with Gasteiger partial charge in [-0.25, -0.2) is 0 Å². The smallest absolute Gasteiger partial charge is 0.225 e. The van der Waals surface area contributed by atoms with Gasteiger partial charge >= 0.3 is 0 Å². The van der Waals surface area contributed by atoms with Crippen LogP contribution in [0.15, 0.2) is 0 Å². The molecular formula is C12H22N2O2. The molecule has 1 amide bonds. The predicted octanol–water partition coefficient (Wildman–Crippen LogP) is 0.262. The van der Waals surface area contributed by atoms with Crippen molar-refractivity contribution >= 4 is 5.91 Å². The van der Waals surface area contributed by atoms with E-state index in [1.807, 2.05) is 0 Å². The lowest BCUT2D eigenvalue weighted by Gasteiger charge is -2.29. The molecule has 1 heterocycles. The van der Waals surface area contributed by atoms with Gasteiger partial charge in [-0.2, -0.15) is 0 Å². The van der Waals surface area contributed by atoms with Gasteiger partial charge < -0.3 is 15.7 Å². The Hall–Kier alpha value is -0.610. The fourth-order valence-electron chi connectivity index (χ4n) is 2.73. The van der Waals surface area contributed by atoms with Gasteiger partial charge in [-0.3, -0.25) is 4.79 Å². The quantitative estimate of drug-likeness (QED) is 0.633. The van der Waals surface area contributed by atoms with Crippen molar-refractivity contribution in [3.8, 4) is 0 Å². The van der Waals surface area contributed by atoms with E-state index in [2.05, 4.69) is 17.6 Å². The Bertz CT molecular complexity index is 257. The molecule has 0 aromatic carbocycles. The van der Waals surface area contributed by atoms with Crippen LogP contribution in [0.2, 0.25) is 0 Å². The summed E-state index contributed by atoms with van der Waals surface area (Å²) < 4.78 is 0. The van der Waals surface area contributed by atoms with Gasteiger partial charge in [0.15, 0.2) is 0 Å². The highest BCUT2D eigenvalue weighted by molar-refractivity contribution is 5.79. The Labute approximate surface area is 96.8 Å². The third-order valence-electron chi connectivity index (χ3n) is 3.91. The van der Waals surface area contributed by atoms with Crippen LogP contribution in [0.5, 0.6) is 0 Å². The SMILES string of the molecule is CC1CNCC1C(=O)N[C@@H]1CCCC[C@H]1O. The summed E-state index contributed by atoms with van der Waals surface area (Å²) >= 11 is 0. The molecule has 92 valence electrons. The van der Waals surface area contributed by atoms with E-state index in [4.69, 9.17) is 0 Å². The van der Waals surface area contributed by atoms with Crippen LogP contribution in [0.1, 0.15) is 32.6 Å². The fraction of sp³-hybridized carbons (Fsp3) is 0.917. The van der Waals surface area contributed by atoms with Crippen molar-refractivity contribution in [3.05, 3.63) is 0 Å². The Kier molecular flexibility index (Phi) is 3.82. The largest absolute Gasteiger partial charge is 0.391 e. The lowest BCUT2D eigenvalue weighted by molar-refractivity contribution is -0.127. The van der Waals surface area contributed by atoms with E-state index in [1.165, 1.54) is 0 Å². The fourth-order valence-corrected chi connectivity index (χ4v) is 2.73. The number of hydrogen-bond donors (Lipinski definition) is 3. The second kappa shape index (κ2) is 5.15. The van der Waals surface area contributed by atoms with E-state index in [9.17, 15) is 9.90 Å². The average molecular weight is 226 g/mol. The maximum atomic E-state index is 12.0. The number of aliphatic hydroxyl groups excluding tert-OH is 1. The standard InChI is InChI=1S/C12H22N2O2/c1-8-6-13-7-9(8)12(16)14-10-4-2-3-5-11(10)15/h8-11,13,15H,2-7H2,1H3,(H,14,16)/t8?,9?,10-,11-/m1/s1. The van der Waals surface area contributed by atoms with Crippen molar-refractivity contribution in [2.24, 2.45) is 11.8 Å². The highest BCUT2D eigenvalue weighted by atomic mass is 16.3. The van der Waals surface area contributed by atoms with Gasteiger partial charge in [0.1, 0.15) is 0 Å². The van der Waals surface area contributed by atoms with Crippen LogP contribution in [-0.4, -0.2) is 36.2 Å². The summed E-state index contributed by atoms with van der Waals surface area (Å²) in [6, 6.07) is -0.0194. The number of rotatable bonds is 2. The summed E-state index contributed by atoms with van der Waals surface area (Å²) in [5.74, 6) is 0.596. The summed E-state index contributed by atoms with van der Waals surface area (Å²) in [6.45, 7) is 3.79. The van der Waals surface area contributed by atoms with Crippen LogP contribution in [0, 0.1) is 11.8 Å². The summed E-state index contributed by atoms with van der Waals surface area (Å²) in [4.78, 5) is 12.0. The number of hydrogen-bond acceptors (Lipinski definition) is 3. The molecule has 2 aliphatic rings. The van der Waals surface area contributed by atoms with E-state index >= 15 is 0 Å². The first-order chi connectivity index (χ1) is 7.68. The Balaban J connectivity index is 1.86. The second-order valence-electron chi connectivity index (χ2n) is 5.21. The zero-order valence-electron chi connectivity index (χ0n) is 9.91. The minimum atomic E-state index is -0.345. The van der Waals surface area contributed by atoms with E-state index < -0.39 is 0 Å². The third kappa shape index (κ3) is 2.55. The molecule has 2 unspecified atom stereocenters. The normalized spacial score (nSPS) is 39.6. The highest BCUT2D eigenvalue weighted by Crippen LogP contribution is 2.21. The van der Waals surface area contributed by atoms with Crippen LogP contribution < -0.4 is 10.6 Å². The highest BCUT2D eigenvalue weighted by Gasteiger charge is 2.32. The van der Waals surface area contributed by atoms with Crippen LogP contribution >= 0.6 is 0 Å². The molecule has 1 saturated carbocycles. The van der Waals surface area contributed by atoms with E-state index in [-0.39, 0.29) is 24.0 Å². The van der Waals surface area contributed by atoms with Gasteiger partial charge in [0.2, 0.25) is 5.91 Å². The number of aliphatic hydroxyl groups is 1. The van der Waals surface area contributed by atoms with E-state index in [1.54, 1.807) is 0 Å². The lowest BCUT2D eigenvalue weighted by Crippen LogP contribution is -2.48. The first kappa shape index (κ1) is 11.9. The summed E-state index contributed by atoms with van der Waals surface area (Å²) in [7, 11) is 0. The molecule has 0 radical (unpaired) electrons. The topological polar surface area (TPSA) is 61.4 Å². The monoisotopic (exact) mass is 226 g/mol. The summed E-state index contributed by atoms with van der Waals surface area (Å²) in [5, 5.41) is 16.0. The van der Waals surface area contributed by atoms with Gasteiger partial charge in [-0.1, -0.05) is 19.8 Å². The maximum Gasteiger partial charge on any atom is 0.225 e. The Morgan fingerprint density at radius 1 is 1.31 bits per heavy atom. The molecule has 4 heteroatoms. The molecule has 0 aromatic rings. The summed E-state index contributed by atoms with van der Waals surface area (Å²) in [5.41, 5.74) is 0. The molecule has 0 spiro atoms. The van der Waals surface area contributed by atoms with Gasteiger partial charge in [0, 0.05) is 6.54 Å². The molecule has 4 nitrogen and oxygen atoms in total. The molecular weight excluding hydrogens is 204 g/mol. The first-order valence-corrected chi connectivity index (χ1v) is 6.37. The molecule has 4 atom stereocenters. The minimum Gasteiger partial charge on any atom is -0.391 e. The van der Waals surface area contributed by atoms with Crippen molar-refractivity contribution in [2.75, 3.05) is 13.1 Å². The van der Waals surface area contributed by atoms with Gasteiger partial charge in [-0.05, 0) is 25.3 Å². The molecule has 16 heavy (non-hydrogen) atoms. The van der Waals surface area contributed by atoms with Crippen molar-refractivity contribution in [3.63, 3.8) is 0 Å². The van der Waals surface area contributed by atoms with Crippen molar-refractivity contribution in [2.45, 2.75) is 44.8 Å². The number of carbonyl (C=O) groups is 1. The van der Waals surface area contributed by atoms with Crippen LogP contribution in [-0.2, 0) is 4.79 Å². The van der Waals surface area contributed by atoms with Gasteiger partial charge in [0.05, 0.1) is 18.1 Å². The van der Waals surface area contributed by atoms with Crippen LogP contribution in [0.25, 0.3) is 0 Å². The average Bonchev–Trinajstić information content (AvgIpc) is 2.68. The maximum absolute atomic E-state index is 12.0. The third-order valence-corrected chi connectivity index (χ3v) is 3.91. The predicted molar refractivity (Wildman–Crippen MR) is 61.9 cm³/mol.